The molecule has 0 unspecified atom stereocenters. The van der Waals surface area contributed by atoms with Crippen molar-refractivity contribution < 1.29 is 14.3 Å². The van der Waals surface area contributed by atoms with Crippen LogP contribution in [0.4, 0.5) is 0 Å². The van der Waals surface area contributed by atoms with Crippen molar-refractivity contribution in [3.63, 3.8) is 0 Å². The van der Waals surface area contributed by atoms with Crippen LogP contribution < -0.4 is 10.1 Å². The van der Waals surface area contributed by atoms with Gasteiger partial charge in [0.1, 0.15) is 10.1 Å². The average Bonchev–Trinajstić information content (AvgIpc) is 2.91. The lowest BCUT2D eigenvalue weighted by Crippen LogP contribution is -2.37. The first kappa shape index (κ1) is 17.4. The first-order valence-electron chi connectivity index (χ1n) is 7.87. The van der Waals surface area contributed by atoms with Crippen LogP contribution in [0.15, 0.2) is 23.1 Å². The van der Waals surface area contributed by atoms with E-state index in [1.807, 2.05) is 18.2 Å². The third-order valence-corrected chi connectivity index (χ3v) is 5.21. The van der Waals surface area contributed by atoms with Gasteiger partial charge in [0.05, 0.1) is 25.2 Å². The van der Waals surface area contributed by atoms with E-state index in [9.17, 15) is 4.79 Å². The Morgan fingerprint density at radius 1 is 1.42 bits per heavy atom. The molecule has 2 aliphatic heterocycles. The molecule has 0 spiro atoms. The Morgan fingerprint density at radius 3 is 2.88 bits per heavy atom. The zero-order valence-electron chi connectivity index (χ0n) is 13.5. The molecule has 0 bridgehead atoms. The Labute approximate surface area is 151 Å². The van der Waals surface area contributed by atoms with E-state index in [1.165, 1.54) is 17.3 Å². The summed E-state index contributed by atoms with van der Waals surface area (Å²) in [6.45, 7) is 4.58. The molecule has 2 saturated heterocycles. The van der Waals surface area contributed by atoms with Gasteiger partial charge < -0.3 is 14.8 Å². The molecule has 2 heterocycles. The smallest absolute Gasteiger partial charge is 0.263 e. The second-order valence-electron chi connectivity index (χ2n) is 5.63. The van der Waals surface area contributed by atoms with Crippen LogP contribution in [0, 0.1) is 0 Å². The second kappa shape index (κ2) is 8.11. The molecule has 24 heavy (non-hydrogen) atoms. The van der Waals surface area contributed by atoms with Crippen molar-refractivity contribution in [3.8, 4) is 5.75 Å². The number of nitrogens with zero attached hydrogens (tertiary/aromatic N) is 1. The van der Waals surface area contributed by atoms with Gasteiger partial charge in [-0.2, -0.15) is 0 Å². The van der Waals surface area contributed by atoms with E-state index in [1.54, 1.807) is 7.11 Å². The van der Waals surface area contributed by atoms with Crippen LogP contribution in [0.1, 0.15) is 11.1 Å². The van der Waals surface area contributed by atoms with Gasteiger partial charge in [0.15, 0.2) is 0 Å². The van der Waals surface area contributed by atoms with Crippen molar-refractivity contribution in [2.24, 2.45) is 0 Å². The molecule has 0 aliphatic carbocycles. The molecular weight excluding hydrogens is 344 g/mol. The third-order valence-electron chi connectivity index (χ3n) is 4.05. The van der Waals surface area contributed by atoms with Crippen LogP contribution in [-0.2, 0) is 16.0 Å². The summed E-state index contributed by atoms with van der Waals surface area (Å²) in [5.74, 6) is 0.712. The first-order chi connectivity index (χ1) is 11.7. The molecule has 1 amide bonds. The number of amides is 1. The fourth-order valence-corrected chi connectivity index (χ4v) is 3.78. The SMILES string of the molecule is COc1cc(/C=C2\SC(=S)NC2=O)ccc1CCN1CCOCC1. The van der Waals surface area contributed by atoms with Crippen LogP contribution in [0.5, 0.6) is 5.75 Å². The number of carbonyl (C=O) groups is 1. The van der Waals surface area contributed by atoms with Crippen molar-refractivity contribution >= 4 is 40.3 Å². The minimum atomic E-state index is -0.139. The highest BCUT2D eigenvalue weighted by atomic mass is 32.2. The molecule has 5 nitrogen and oxygen atoms in total. The molecule has 1 aromatic rings. The maximum absolute atomic E-state index is 11.8. The van der Waals surface area contributed by atoms with Gasteiger partial charge in [-0.25, -0.2) is 0 Å². The molecule has 3 rings (SSSR count). The molecule has 0 radical (unpaired) electrons. The van der Waals surface area contributed by atoms with Crippen molar-refractivity contribution in [2.45, 2.75) is 6.42 Å². The summed E-state index contributed by atoms with van der Waals surface area (Å²) in [7, 11) is 1.68. The van der Waals surface area contributed by atoms with E-state index < -0.39 is 0 Å². The number of methoxy groups -OCH3 is 1. The number of ether oxygens (including phenoxy) is 2. The molecule has 0 saturated carbocycles. The Bertz CT molecular complexity index is 670. The summed E-state index contributed by atoms with van der Waals surface area (Å²) in [4.78, 5) is 14.8. The van der Waals surface area contributed by atoms with Gasteiger partial charge in [-0.3, -0.25) is 9.69 Å². The fraction of sp³-hybridized carbons (Fsp3) is 0.412. The highest BCUT2D eigenvalue weighted by Gasteiger charge is 2.22. The molecule has 2 aliphatic rings. The molecule has 7 heteroatoms. The monoisotopic (exact) mass is 364 g/mol. The second-order valence-corrected chi connectivity index (χ2v) is 7.35. The number of benzene rings is 1. The van der Waals surface area contributed by atoms with Gasteiger partial charge in [0, 0.05) is 19.6 Å². The number of morpholine rings is 1. The van der Waals surface area contributed by atoms with Crippen LogP contribution >= 0.6 is 24.0 Å². The van der Waals surface area contributed by atoms with Gasteiger partial charge in [0.2, 0.25) is 0 Å². The van der Waals surface area contributed by atoms with E-state index in [0.29, 0.717) is 9.23 Å². The Kier molecular flexibility index (Phi) is 5.89. The maximum Gasteiger partial charge on any atom is 0.263 e. The number of hydrogen-bond donors (Lipinski definition) is 1. The third kappa shape index (κ3) is 4.36. The predicted octanol–water partition coefficient (Wildman–Crippen LogP) is 2.06. The lowest BCUT2D eigenvalue weighted by molar-refractivity contribution is -0.115. The number of rotatable bonds is 5. The molecule has 128 valence electrons. The molecular formula is C17H20N2O3S2. The normalized spacial score (nSPS) is 20.5. The minimum absolute atomic E-state index is 0.139. The first-order valence-corrected chi connectivity index (χ1v) is 9.10. The van der Waals surface area contributed by atoms with E-state index >= 15 is 0 Å². The lowest BCUT2D eigenvalue weighted by Gasteiger charge is -2.26. The van der Waals surface area contributed by atoms with Crippen molar-refractivity contribution in [2.75, 3.05) is 40.0 Å². The standard InChI is InChI=1S/C17H20N2O3S2/c1-21-14-10-12(11-15-16(20)18-17(23)24-15)2-3-13(14)4-5-19-6-8-22-9-7-19/h2-3,10-11H,4-9H2,1H3,(H,18,20,23)/b15-11-. The van der Waals surface area contributed by atoms with Gasteiger partial charge >= 0.3 is 0 Å². The van der Waals surface area contributed by atoms with Gasteiger partial charge in [-0.15, -0.1) is 0 Å². The number of carbonyl (C=O) groups excluding carboxylic acids is 1. The van der Waals surface area contributed by atoms with Gasteiger partial charge in [0.25, 0.3) is 5.91 Å². The number of thioether (sulfide) groups is 1. The quantitative estimate of drug-likeness (QED) is 0.638. The Hall–Kier alpha value is -1.41. The molecule has 1 N–H and O–H groups in total. The van der Waals surface area contributed by atoms with Crippen molar-refractivity contribution in [1.29, 1.82) is 0 Å². The highest BCUT2D eigenvalue weighted by molar-refractivity contribution is 8.26. The summed E-state index contributed by atoms with van der Waals surface area (Å²) >= 11 is 6.30. The van der Waals surface area contributed by atoms with E-state index in [0.717, 1.165) is 50.6 Å². The predicted molar refractivity (Wildman–Crippen MR) is 100 cm³/mol. The number of hydrogen-bond acceptors (Lipinski definition) is 6. The summed E-state index contributed by atoms with van der Waals surface area (Å²) in [5, 5.41) is 2.62. The topological polar surface area (TPSA) is 50.8 Å². The van der Waals surface area contributed by atoms with Crippen LogP contribution in [0.3, 0.4) is 0 Å². The van der Waals surface area contributed by atoms with Crippen molar-refractivity contribution in [3.05, 3.63) is 34.2 Å². The summed E-state index contributed by atoms with van der Waals surface area (Å²) in [5.41, 5.74) is 2.11. The summed E-state index contributed by atoms with van der Waals surface area (Å²) in [6.07, 6.45) is 2.77. The summed E-state index contributed by atoms with van der Waals surface area (Å²) < 4.78 is 11.4. The highest BCUT2D eigenvalue weighted by Crippen LogP contribution is 2.28. The number of nitrogens with one attached hydrogen (secondary N) is 1. The number of thiocarbonyl (C=S) groups is 1. The molecule has 0 aromatic heterocycles. The Balaban J connectivity index is 1.69. The molecule has 0 atom stereocenters. The average molecular weight is 364 g/mol. The zero-order chi connectivity index (χ0) is 16.9. The Morgan fingerprint density at radius 2 is 2.21 bits per heavy atom. The van der Waals surface area contributed by atoms with E-state index in [-0.39, 0.29) is 5.91 Å². The van der Waals surface area contributed by atoms with Crippen LogP contribution in [0.25, 0.3) is 6.08 Å². The van der Waals surface area contributed by atoms with Crippen LogP contribution in [0.2, 0.25) is 0 Å². The minimum Gasteiger partial charge on any atom is -0.496 e. The largest absolute Gasteiger partial charge is 0.496 e. The van der Waals surface area contributed by atoms with E-state index in [4.69, 9.17) is 21.7 Å². The fourth-order valence-electron chi connectivity index (χ4n) is 2.73. The van der Waals surface area contributed by atoms with Crippen LogP contribution in [-0.4, -0.2) is 55.1 Å². The summed E-state index contributed by atoms with van der Waals surface area (Å²) in [6, 6.07) is 6.05. The van der Waals surface area contributed by atoms with Gasteiger partial charge in [-0.1, -0.05) is 36.1 Å². The van der Waals surface area contributed by atoms with Crippen molar-refractivity contribution in [1.82, 2.24) is 10.2 Å². The molecule has 2 fully saturated rings. The van der Waals surface area contributed by atoms with E-state index in [2.05, 4.69) is 16.3 Å². The molecule has 1 aromatic carbocycles. The zero-order valence-corrected chi connectivity index (χ0v) is 15.2. The lowest BCUT2D eigenvalue weighted by atomic mass is 10.1. The van der Waals surface area contributed by atoms with Gasteiger partial charge in [-0.05, 0) is 29.7 Å². The maximum atomic E-state index is 11.8.